The molecule has 2 heterocycles. The quantitative estimate of drug-likeness (QED) is 0.594. The number of aliphatic hydroxyl groups is 1. The summed E-state index contributed by atoms with van der Waals surface area (Å²) in [5.74, 6) is 3.39. The molecule has 1 aliphatic rings. The van der Waals surface area contributed by atoms with Crippen molar-refractivity contribution in [3.05, 3.63) is 76.2 Å². The Hall–Kier alpha value is -2.85. The van der Waals surface area contributed by atoms with Gasteiger partial charge in [0.05, 0.1) is 0 Å². The Kier molecular flexibility index (Phi) is 6.65. The maximum Gasteiger partial charge on any atom is 0.148 e. The summed E-state index contributed by atoms with van der Waals surface area (Å²) in [5, 5.41) is 13.4. The number of benzene rings is 2. The number of aromatic nitrogens is 1. The second-order valence-electron chi connectivity index (χ2n) is 7.20. The van der Waals surface area contributed by atoms with Crippen molar-refractivity contribution in [2.24, 2.45) is 0 Å². The lowest BCUT2D eigenvalue weighted by Gasteiger charge is -2.37. The molecule has 1 aliphatic heterocycles. The molecule has 2 aromatic carbocycles. The first kappa shape index (κ1) is 20.4. The molecule has 0 spiro atoms. The number of hydrogen-bond acceptors (Lipinski definition) is 6. The molecule has 0 saturated carbocycles. The second-order valence-corrected chi connectivity index (χ2v) is 8.12. The SMILES string of the molecule is C#CCOc1ccccc1CN1CCN(c2ccccc2C(O)c2nccs2)CC1. The lowest BCUT2D eigenvalue weighted by Crippen LogP contribution is -2.46. The van der Waals surface area contributed by atoms with Gasteiger partial charge in [-0.15, -0.1) is 17.8 Å². The van der Waals surface area contributed by atoms with Crippen LogP contribution in [-0.4, -0.2) is 47.8 Å². The average Bonchev–Trinajstić information content (AvgIpc) is 3.34. The highest BCUT2D eigenvalue weighted by atomic mass is 32.1. The van der Waals surface area contributed by atoms with Gasteiger partial charge < -0.3 is 14.7 Å². The fraction of sp³-hybridized carbons (Fsp3) is 0.292. The van der Waals surface area contributed by atoms with Gasteiger partial charge in [0.15, 0.2) is 0 Å². The maximum absolute atomic E-state index is 10.8. The average molecular weight is 420 g/mol. The summed E-state index contributed by atoms with van der Waals surface area (Å²) < 4.78 is 5.69. The number of rotatable bonds is 7. The number of piperazine rings is 1. The van der Waals surface area contributed by atoms with E-state index in [1.165, 1.54) is 11.3 Å². The first-order chi connectivity index (χ1) is 14.8. The van der Waals surface area contributed by atoms with Crippen molar-refractivity contribution in [3.8, 4) is 18.1 Å². The van der Waals surface area contributed by atoms with Gasteiger partial charge in [0.1, 0.15) is 23.5 Å². The van der Waals surface area contributed by atoms with Crippen LogP contribution in [0, 0.1) is 12.3 Å². The number of anilines is 1. The number of ether oxygens (including phenoxy) is 1. The van der Waals surface area contributed by atoms with E-state index in [1.54, 1.807) is 6.20 Å². The molecular formula is C24H25N3O2S. The monoisotopic (exact) mass is 419 g/mol. The zero-order chi connectivity index (χ0) is 20.8. The van der Waals surface area contributed by atoms with Crippen LogP contribution >= 0.6 is 11.3 Å². The van der Waals surface area contributed by atoms with Crippen molar-refractivity contribution in [2.45, 2.75) is 12.6 Å². The molecule has 0 aliphatic carbocycles. The Bertz CT molecular complexity index is 992. The van der Waals surface area contributed by atoms with E-state index in [1.807, 2.05) is 41.8 Å². The minimum Gasteiger partial charge on any atom is -0.481 e. The predicted molar refractivity (Wildman–Crippen MR) is 121 cm³/mol. The van der Waals surface area contributed by atoms with Gasteiger partial charge in [-0.05, 0) is 12.1 Å². The molecule has 1 N–H and O–H groups in total. The van der Waals surface area contributed by atoms with Gasteiger partial charge in [-0.1, -0.05) is 42.3 Å². The highest BCUT2D eigenvalue weighted by molar-refractivity contribution is 7.09. The number of aliphatic hydroxyl groups excluding tert-OH is 1. The third-order valence-corrected chi connectivity index (χ3v) is 6.14. The number of thiazole rings is 1. The first-order valence-electron chi connectivity index (χ1n) is 10.0. The van der Waals surface area contributed by atoms with Gasteiger partial charge in [-0.2, -0.15) is 0 Å². The first-order valence-corrected chi connectivity index (χ1v) is 10.9. The molecule has 154 valence electrons. The largest absolute Gasteiger partial charge is 0.481 e. The fourth-order valence-electron chi connectivity index (χ4n) is 3.79. The van der Waals surface area contributed by atoms with E-state index in [0.29, 0.717) is 0 Å². The van der Waals surface area contributed by atoms with Crippen LogP contribution in [0.3, 0.4) is 0 Å². The van der Waals surface area contributed by atoms with Crippen molar-refractivity contribution in [2.75, 3.05) is 37.7 Å². The molecular weight excluding hydrogens is 394 g/mol. The summed E-state index contributed by atoms with van der Waals surface area (Å²) in [7, 11) is 0. The van der Waals surface area contributed by atoms with E-state index in [-0.39, 0.29) is 6.61 Å². The molecule has 0 bridgehead atoms. The standard InChI is InChI=1S/C24H25N3O2S/c1-2-16-29-22-10-6-3-7-19(22)18-26-12-14-27(15-13-26)21-9-5-4-8-20(21)23(28)24-25-11-17-30-24/h1,3-11,17,23,28H,12-16,18H2. The van der Waals surface area contributed by atoms with Crippen molar-refractivity contribution in [1.82, 2.24) is 9.88 Å². The van der Waals surface area contributed by atoms with E-state index in [9.17, 15) is 5.11 Å². The molecule has 4 rings (SSSR count). The van der Waals surface area contributed by atoms with E-state index in [4.69, 9.17) is 11.2 Å². The van der Waals surface area contributed by atoms with Crippen LogP contribution in [0.2, 0.25) is 0 Å². The van der Waals surface area contributed by atoms with Gasteiger partial charge in [0.2, 0.25) is 0 Å². The Morgan fingerprint density at radius 2 is 1.87 bits per heavy atom. The minimum atomic E-state index is -0.695. The van der Waals surface area contributed by atoms with E-state index < -0.39 is 6.10 Å². The normalized spacial score (nSPS) is 15.5. The van der Waals surface area contributed by atoms with Gasteiger partial charge in [-0.3, -0.25) is 4.90 Å². The van der Waals surface area contributed by atoms with Gasteiger partial charge in [0.25, 0.3) is 0 Å². The minimum absolute atomic E-state index is 0.281. The second kappa shape index (κ2) is 9.77. The van der Waals surface area contributed by atoms with Crippen LogP contribution in [0.5, 0.6) is 5.75 Å². The molecule has 1 fully saturated rings. The van der Waals surface area contributed by atoms with Crippen molar-refractivity contribution >= 4 is 17.0 Å². The number of para-hydroxylation sites is 2. The zero-order valence-corrected chi connectivity index (χ0v) is 17.6. The molecule has 6 heteroatoms. The smallest absolute Gasteiger partial charge is 0.148 e. The van der Waals surface area contributed by atoms with E-state index >= 15 is 0 Å². The molecule has 3 aromatic rings. The van der Waals surface area contributed by atoms with Crippen LogP contribution in [0.25, 0.3) is 0 Å². The van der Waals surface area contributed by atoms with E-state index in [0.717, 1.165) is 60.3 Å². The topological polar surface area (TPSA) is 48.8 Å². The Morgan fingerprint density at radius 3 is 2.63 bits per heavy atom. The lowest BCUT2D eigenvalue weighted by molar-refractivity contribution is 0.218. The highest BCUT2D eigenvalue weighted by Crippen LogP contribution is 2.32. The molecule has 0 radical (unpaired) electrons. The maximum atomic E-state index is 10.8. The summed E-state index contributed by atoms with van der Waals surface area (Å²) in [6.07, 6.45) is 6.37. The Morgan fingerprint density at radius 1 is 1.10 bits per heavy atom. The molecule has 5 nitrogen and oxygen atoms in total. The van der Waals surface area contributed by atoms with Crippen molar-refractivity contribution < 1.29 is 9.84 Å². The lowest BCUT2D eigenvalue weighted by atomic mass is 10.1. The third-order valence-electron chi connectivity index (χ3n) is 5.31. The fourth-order valence-corrected chi connectivity index (χ4v) is 4.43. The number of terminal acetylenes is 1. The number of hydrogen-bond donors (Lipinski definition) is 1. The third kappa shape index (κ3) is 4.65. The van der Waals surface area contributed by atoms with Crippen LogP contribution in [-0.2, 0) is 6.54 Å². The van der Waals surface area contributed by atoms with E-state index in [2.05, 4.69) is 32.8 Å². The van der Waals surface area contributed by atoms with Crippen LogP contribution in [0.15, 0.2) is 60.1 Å². The molecule has 30 heavy (non-hydrogen) atoms. The van der Waals surface area contributed by atoms with Crippen LogP contribution < -0.4 is 9.64 Å². The molecule has 0 amide bonds. The summed E-state index contributed by atoms with van der Waals surface area (Å²) in [6.45, 7) is 4.78. The molecule has 1 unspecified atom stereocenters. The molecule has 1 aromatic heterocycles. The van der Waals surface area contributed by atoms with Crippen molar-refractivity contribution in [1.29, 1.82) is 0 Å². The number of nitrogens with zero attached hydrogens (tertiary/aromatic N) is 3. The molecule has 1 saturated heterocycles. The summed E-state index contributed by atoms with van der Waals surface area (Å²) in [4.78, 5) is 9.06. The summed E-state index contributed by atoms with van der Waals surface area (Å²) in [6, 6.07) is 16.1. The van der Waals surface area contributed by atoms with Crippen LogP contribution in [0.4, 0.5) is 5.69 Å². The van der Waals surface area contributed by atoms with Gasteiger partial charge in [-0.25, -0.2) is 4.98 Å². The zero-order valence-electron chi connectivity index (χ0n) is 16.8. The Balaban J connectivity index is 1.42. The Labute approximate surface area is 181 Å². The molecule has 1 atom stereocenters. The van der Waals surface area contributed by atoms with Crippen molar-refractivity contribution in [3.63, 3.8) is 0 Å². The highest BCUT2D eigenvalue weighted by Gasteiger charge is 2.23. The predicted octanol–water partition coefficient (Wildman–Crippen LogP) is 3.56. The summed E-state index contributed by atoms with van der Waals surface area (Å²) in [5.41, 5.74) is 3.15. The van der Waals surface area contributed by atoms with Crippen LogP contribution in [0.1, 0.15) is 22.2 Å². The van der Waals surface area contributed by atoms with Gasteiger partial charge >= 0.3 is 0 Å². The summed E-state index contributed by atoms with van der Waals surface area (Å²) >= 11 is 1.48. The van der Waals surface area contributed by atoms with Gasteiger partial charge in [0, 0.05) is 61.1 Å².